The zero-order valence-corrected chi connectivity index (χ0v) is 11.3. The summed E-state index contributed by atoms with van der Waals surface area (Å²) >= 11 is 0. The number of hydroxylamine groups is 1. The van der Waals surface area contributed by atoms with Gasteiger partial charge in [0, 0.05) is 0 Å². The number of guanidine groups is 1. The molecule has 0 unspecified atom stereocenters. The monoisotopic (exact) mass is 284 g/mol. The molecule has 0 amide bonds. The molecule has 6 heteroatoms. The van der Waals surface area contributed by atoms with Crippen LogP contribution in [-0.2, 0) is 6.61 Å². The van der Waals surface area contributed by atoms with Crippen molar-refractivity contribution >= 4 is 12.2 Å². The van der Waals surface area contributed by atoms with E-state index in [0.29, 0.717) is 6.61 Å². The number of nitrogens with two attached hydrogens (primary N) is 1. The molecule has 0 aromatic heterocycles. The first-order chi connectivity index (χ1) is 10.3. The topological polar surface area (TPSA) is 92.2 Å². The van der Waals surface area contributed by atoms with Crippen molar-refractivity contribution in [2.45, 2.75) is 6.61 Å². The minimum atomic E-state index is -0.172. The van der Waals surface area contributed by atoms with Gasteiger partial charge in [0.2, 0.25) is 5.96 Å². The fourth-order valence-corrected chi connectivity index (χ4v) is 1.57. The van der Waals surface area contributed by atoms with E-state index in [4.69, 9.17) is 15.7 Å². The van der Waals surface area contributed by atoms with Crippen molar-refractivity contribution in [1.29, 1.82) is 0 Å². The van der Waals surface area contributed by atoms with E-state index in [1.165, 1.54) is 6.21 Å². The van der Waals surface area contributed by atoms with E-state index in [9.17, 15) is 0 Å². The SMILES string of the molecule is NC(=N/N=C/c1ccc(OCc2ccccc2)cc1)NO. The molecule has 0 radical (unpaired) electrons. The summed E-state index contributed by atoms with van der Waals surface area (Å²) in [6, 6.07) is 17.3. The van der Waals surface area contributed by atoms with Gasteiger partial charge in [-0.2, -0.15) is 5.10 Å². The lowest BCUT2D eigenvalue weighted by Gasteiger charge is -2.06. The summed E-state index contributed by atoms with van der Waals surface area (Å²) in [7, 11) is 0. The van der Waals surface area contributed by atoms with Crippen molar-refractivity contribution < 1.29 is 9.94 Å². The zero-order valence-electron chi connectivity index (χ0n) is 11.3. The molecule has 0 heterocycles. The zero-order chi connectivity index (χ0) is 14.9. The third-order valence-corrected chi connectivity index (χ3v) is 2.62. The molecule has 2 aromatic carbocycles. The fourth-order valence-electron chi connectivity index (χ4n) is 1.57. The third-order valence-electron chi connectivity index (χ3n) is 2.62. The van der Waals surface area contributed by atoms with Crippen LogP contribution in [0.5, 0.6) is 5.75 Å². The number of hydrogen-bond acceptors (Lipinski definition) is 4. The lowest BCUT2D eigenvalue weighted by atomic mass is 10.2. The number of rotatable bonds is 5. The van der Waals surface area contributed by atoms with Crippen LogP contribution in [0.15, 0.2) is 64.8 Å². The molecule has 0 aliphatic heterocycles. The Labute approximate surface area is 122 Å². The van der Waals surface area contributed by atoms with Gasteiger partial charge >= 0.3 is 0 Å². The summed E-state index contributed by atoms with van der Waals surface area (Å²) in [6.07, 6.45) is 1.52. The number of ether oxygens (including phenoxy) is 1. The van der Waals surface area contributed by atoms with Gasteiger partial charge in [-0.05, 0) is 35.4 Å². The highest BCUT2D eigenvalue weighted by atomic mass is 16.5. The van der Waals surface area contributed by atoms with Gasteiger partial charge in [-0.15, -0.1) is 5.10 Å². The van der Waals surface area contributed by atoms with E-state index < -0.39 is 0 Å². The lowest BCUT2D eigenvalue weighted by Crippen LogP contribution is -2.27. The van der Waals surface area contributed by atoms with Crippen LogP contribution >= 0.6 is 0 Å². The molecule has 0 atom stereocenters. The van der Waals surface area contributed by atoms with Gasteiger partial charge in [-0.1, -0.05) is 30.3 Å². The van der Waals surface area contributed by atoms with Crippen LogP contribution < -0.4 is 16.0 Å². The lowest BCUT2D eigenvalue weighted by molar-refractivity contribution is 0.232. The van der Waals surface area contributed by atoms with Crippen molar-refractivity contribution in [3.63, 3.8) is 0 Å². The van der Waals surface area contributed by atoms with Crippen LogP contribution in [-0.4, -0.2) is 17.4 Å². The molecule has 108 valence electrons. The van der Waals surface area contributed by atoms with E-state index in [1.54, 1.807) is 5.48 Å². The van der Waals surface area contributed by atoms with Crippen molar-refractivity contribution in [3.8, 4) is 5.75 Å². The predicted molar refractivity (Wildman–Crippen MR) is 81.4 cm³/mol. The van der Waals surface area contributed by atoms with Gasteiger partial charge in [-0.3, -0.25) is 5.21 Å². The van der Waals surface area contributed by atoms with E-state index in [0.717, 1.165) is 16.9 Å². The summed E-state index contributed by atoms with van der Waals surface area (Å²) < 4.78 is 5.67. The Morgan fingerprint density at radius 1 is 1.14 bits per heavy atom. The summed E-state index contributed by atoms with van der Waals surface area (Å²) in [5, 5.41) is 15.6. The average molecular weight is 284 g/mol. The summed E-state index contributed by atoms with van der Waals surface area (Å²) in [5.74, 6) is 0.602. The minimum Gasteiger partial charge on any atom is -0.489 e. The van der Waals surface area contributed by atoms with E-state index >= 15 is 0 Å². The van der Waals surface area contributed by atoms with Crippen LogP contribution in [0.3, 0.4) is 0 Å². The van der Waals surface area contributed by atoms with Crippen LogP contribution in [0.25, 0.3) is 0 Å². The van der Waals surface area contributed by atoms with Crippen molar-refractivity contribution in [2.24, 2.45) is 15.9 Å². The second kappa shape index (κ2) is 7.66. The Hall–Kier alpha value is -2.86. The first-order valence-electron chi connectivity index (χ1n) is 6.31. The third kappa shape index (κ3) is 4.96. The number of benzene rings is 2. The molecular formula is C15H16N4O2. The Balaban J connectivity index is 1.90. The molecule has 6 nitrogen and oxygen atoms in total. The Morgan fingerprint density at radius 2 is 1.86 bits per heavy atom. The Kier molecular flexibility index (Phi) is 5.31. The van der Waals surface area contributed by atoms with Gasteiger partial charge in [0.15, 0.2) is 0 Å². The maximum absolute atomic E-state index is 8.43. The fraction of sp³-hybridized carbons (Fsp3) is 0.0667. The molecule has 0 fully saturated rings. The highest BCUT2D eigenvalue weighted by Gasteiger charge is 1.95. The molecule has 0 bridgehead atoms. The average Bonchev–Trinajstić information content (AvgIpc) is 2.55. The largest absolute Gasteiger partial charge is 0.489 e. The number of nitrogens with one attached hydrogen (secondary N) is 1. The minimum absolute atomic E-state index is 0.172. The van der Waals surface area contributed by atoms with Gasteiger partial charge in [0.05, 0.1) is 6.21 Å². The van der Waals surface area contributed by atoms with Crippen molar-refractivity contribution in [1.82, 2.24) is 5.48 Å². The van der Waals surface area contributed by atoms with Crippen molar-refractivity contribution in [2.75, 3.05) is 0 Å². The molecule has 2 aromatic rings. The smallest absolute Gasteiger partial charge is 0.237 e. The van der Waals surface area contributed by atoms with Gasteiger partial charge in [0.1, 0.15) is 12.4 Å². The first kappa shape index (κ1) is 14.5. The summed E-state index contributed by atoms with van der Waals surface area (Å²) in [5.41, 5.74) is 8.86. The maximum atomic E-state index is 8.43. The Bertz CT molecular complexity index is 609. The second-order valence-electron chi connectivity index (χ2n) is 4.18. The molecular weight excluding hydrogens is 268 g/mol. The normalized spacial score (nSPS) is 11.6. The second-order valence-corrected chi connectivity index (χ2v) is 4.18. The summed E-state index contributed by atoms with van der Waals surface area (Å²) in [6.45, 7) is 0.525. The molecule has 21 heavy (non-hydrogen) atoms. The van der Waals surface area contributed by atoms with Gasteiger partial charge in [-0.25, -0.2) is 5.48 Å². The highest BCUT2D eigenvalue weighted by molar-refractivity contribution is 5.81. The maximum Gasteiger partial charge on any atom is 0.237 e. The van der Waals surface area contributed by atoms with Gasteiger partial charge < -0.3 is 10.5 Å². The van der Waals surface area contributed by atoms with Crippen molar-refractivity contribution in [3.05, 3.63) is 65.7 Å². The molecule has 0 saturated heterocycles. The Morgan fingerprint density at radius 3 is 2.52 bits per heavy atom. The van der Waals surface area contributed by atoms with E-state index in [2.05, 4.69) is 10.2 Å². The standard InChI is InChI=1S/C15H16N4O2/c16-15(19-20)18-17-10-12-6-8-14(9-7-12)21-11-13-4-2-1-3-5-13/h1-10,20H,11H2,(H3,16,18,19)/b17-10+. The molecule has 0 aliphatic rings. The summed E-state index contributed by atoms with van der Waals surface area (Å²) in [4.78, 5) is 0. The van der Waals surface area contributed by atoms with Crippen LogP contribution in [0.2, 0.25) is 0 Å². The molecule has 4 N–H and O–H groups in total. The molecule has 2 rings (SSSR count). The first-order valence-corrected chi connectivity index (χ1v) is 6.31. The molecule has 0 spiro atoms. The quantitative estimate of drug-likeness (QED) is 0.444. The number of hydrogen-bond donors (Lipinski definition) is 3. The number of nitrogens with zero attached hydrogens (tertiary/aromatic N) is 2. The van der Waals surface area contributed by atoms with E-state index in [-0.39, 0.29) is 5.96 Å². The molecule has 0 aliphatic carbocycles. The van der Waals surface area contributed by atoms with Crippen LogP contribution in [0.1, 0.15) is 11.1 Å². The van der Waals surface area contributed by atoms with Crippen LogP contribution in [0.4, 0.5) is 0 Å². The predicted octanol–water partition coefficient (Wildman–Crippen LogP) is 1.89. The van der Waals surface area contributed by atoms with Crippen LogP contribution in [0, 0.1) is 0 Å². The molecule has 0 saturated carbocycles. The highest BCUT2D eigenvalue weighted by Crippen LogP contribution is 2.13. The van der Waals surface area contributed by atoms with Gasteiger partial charge in [0.25, 0.3) is 0 Å². The van der Waals surface area contributed by atoms with E-state index in [1.807, 2.05) is 54.6 Å².